The number of nitrogens with one attached hydrogen (secondary N) is 1. The molecule has 0 spiro atoms. The highest BCUT2D eigenvalue weighted by Gasteiger charge is 2.40. The van der Waals surface area contributed by atoms with Gasteiger partial charge in [-0.05, 0) is 45.6 Å². The van der Waals surface area contributed by atoms with E-state index in [0.717, 1.165) is 43.9 Å². The summed E-state index contributed by atoms with van der Waals surface area (Å²) in [4.78, 5) is 4.54. The van der Waals surface area contributed by atoms with Gasteiger partial charge in [-0.1, -0.05) is 12.1 Å². The smallest absolute Gasteiger partial charge is 0.226 e. The molecule has 19 heavy (non-hydrogen) atoms. The van der Waals surface area contributed by atoms with E-state index < -0.39 is 0 Å². The molecule has 1 atom stereocenters. The summed E-state index contributed by atoms with van der Waals surface area (Å²) in [6.45, 7) is 5.28. The molecule has 1 heterocycles. The van der Waals surface area contributed by atoms with E-state index in [0.29, 0.717) is 6.04 Å². The Kier molecular flexibility index (Phi) is 4.93. The van der Waals surface area contributed by atoms with Crippen molar-refractivity contribution in [2.45, 2.75) is 64.0 Å². The van der Waals surface area contributed by atoms with Gasteiger partial charge in [-0.3, -0.25) is 0 Å². The molecule has 0 aliphatic heterocycles. The monoisotopic (exact) mass is 267 g/mol. The van der Waals surface area contributed by atoms with Crippen LogP contribution >= 0.6 is 0 Å². The molecule has 1 aromatic heterocycles. The molecular weight excluding hydrogens is 242 g/mol. The summed E-state index contributed by atoms with van der Waals surface area (Å²) in [5.41, 5.74) is -0.297. The van der Waals surface area contributed by atoms with Crippen molar-refractivity contribution in [3.63, 3.8) is 0 Å². The van der Waals surface area contributed by atoms with E-state index in [-0.39, 0.29) is 5.60 Å². The molecule has 1 aliphatic carbocycles. The second kappa shape index (κ2) is 6.48. The Bertz CT molecular complexity index is 386. The van der Waals surface area contributed by atoms with Crippen molar-refractivity contribution in [2.75, 3.05) is 13.7 Å². The normalized spacial score (nSPS) is 19.7. The summed E-state index contributed by atoms with van der Waals surface area (Å²) < 4.78 is 11.0. The van der Waals surface area contributed by atoms with Gasteiger partial charge < -0.3 is 14.6 Å². The van der Waals surface area contributed by atoms with Gasteiger partial charge in [0.25, 0.3) is 0 Å². The van der Waals surface area contributed by atoms with Gasteiger partial charge in [0.15, 0.2) is 0 Å². The summed E-state index contributed by atoms with van der Waals surface area (Å²) in [5, 5.41) is 7.52. The lowest BCUT2D eigenvalue weighted by Gasteiger charge is -2.22. The van der Waals surface area contributed by atoms with Crippen molar-refractivity contribution in [3.05, 3.63) is 11.7 Å². The Morgan fingerprint density at radius 1 is 1.42 bits per heavy atom. The van der Waals surface area contributed by atoms with E-state index in [1.807, 2.05) is 0 Å². The second-order valence-electron chi connectivity index (χ2n) is 5.41. The average molecular weight is 267 g/mol. The molecule has 1 unspecified atom stereocenters. The Labute approximate surface area is 115 Å². The lowest BCUT2D eigenvalue weighted by Crippen LogP contribution is -2.26. The van der Waals surface area contributed by atoms with Crippen molar-refractivity contribution in [1.82, 2.24) is 15.5 Å². The van der Waals surface area contributed by atoms with Crippen LogP contribution in [0.15, 0.2) is 4.52 Å². The molecule has 1 fully saturated rings. The summed E-state index contributed by atoms with van der Waals surface area (Å²) in [5.74, 6) is 1.46. The van der Waals surface area contributed by atoms with Crippen LogP contribution in [0.3, 0.4) is 0 Å². The van der Waals surface area contributed by atoms with Gasteiger partial charge in [0, 0.05) is 19.6 Å². The van der Waals surface area contributed by atoms with Crippen LogP contribution in [0.25, 0.3) is 0 Å². The minimum atomic E-state index is -0.297. The Hall–Kier alpha value is -0.940. The molecule has 0 bridgehead atoms. The Balaban J connectivity index is 1.95. The number of rotatable bonds is 7. The molecule has 1 N–H and O–H groups in total. The molecule has 1 saturated carbocycles. The molecule has 108 valence electrons. The van der Waals surface area contributed by atoms with Crippen LogP contribution in [-0.4, -0.2) is 29.8 Å². The number of nitrogens with zero attached hydrogens (tertiary/aromatic N) is 2. The average Bonchev–Trinajstić information content (AvgIpc) is 3.06. The number of aromatic nitrogens is 2. The van der Waals surface area contributed by atoms with Crippen LogP contribution in [0.4, 0.5) is 0 Å². The summed E-state index contributed by atoms with van der Waals surface area (Å²) in [6, 6.07) is 0.475. The minimum Gasteiger partial charge on any atom is -0.370 e. The molecule has 0 amide bonds. The van der Waals surface area contributed by atoms with E-state index in [1.165, 1.54) is 12.8 Å². The fourth-order valence-electron chi connectivity index (χ4n) is 2.80. The number of aryl methyl sites for hydroxylation is 1. The third-order valence-electron chi connectivity index (χ3n) is 4.02. The SMILES string of the molecule is CCNC(C)CCc1nc(C2(OC)CCCC2)no1. The zero-order chi connectivity index (χ0) is 13.7. The molecule has 2 rings (SSSR count). The lowest BCUT2D eigenvalue weighted by molar-refractivity contribution is -0.0178. The van der Waals surface area contributed by atoms with Gasteiger partial charge in [-0.15, -0.1) is 0 Å². The number of methoxy groups -OCH3 is 1. The molecule has 0 saturated heterocycles. The molecule has 1 aromatic rings. The van der Waals surface area contributed by atoms with Crippen molar-refractivity contribution < 1.29 is 9.26 Å². The maximum absolute atomic E-state index is 5.66. The van der Waals surface area contributed by atoms with E-state index in [9.17, 15) is 0 Å². The predicted octanol–water partition coefficient (Wildman–Crippen LogP) is 2.42. The molecule has 0 radical (unpaired) electrons. The summed E-state index contributed by atoms with van der Waals surface area (Å²) in [6.07, 6.45) is 6.17. The lowest BCUT2D eigenvalue weighted by atomic mass is 10.0. The van der Waals surface area contributed by atoms with Gasteiger partial charge >= 0.3 is 0 Å². The molecular formula is C14H25N3O2. The topological polar surface area (TPSA) is 60.2 Å². The fraction of sp³-hybridized carbons (Fsp3) is 0.857. The minimum absolute atomic E-state index is 0.297. The van der Waals surface area contributed by atoms with E-state index in [2.05, 4.69) is 29.3 Å². The number of ether oxygens (including phenoxy) is 1. The Morgan fingerprint density at radius 2 is 2.16 bits per heavy atom. The molecule has 0 aromatic carbocycles. The first kappa shape index (κ1) is 14.5. The largest absolute Gasteiger partial charge is 0.370 e. The molecule has 5 nitrogen and oxygen atoms in total. The maximum Gasteiger partial charge on any atom is 0.226 e. The number of hydrogen-bond donors (Lipinski definition) is 1. The maximum atomic E-state index is 5.66. The zero-order valence-electron chi connectivity index (χ0n) is 12.2. The van der Waals surface area contributed by atoms with Gasteiger partial charge in [0.05, 0.1) is 0 Å². The highest BCUT2D eigenvalue weighted by Crippen LogP contribution is 2.40. The second-order valence-corrected chi connectivity index (χ2v) is 5.41. The van der Waals surface area contributed by atoms with Crippen LogP contribution < -0.4 is 5.32 Å². The number of hydrogen-bond acceptors (Lipinski definition) is 5. The van der Waals surface area contributed by atoms with Crippen molar-refractivity contribution in [1.29, 1.82) is 0 Å². The highest BCUT2D eigenvalue weighted by molar-refractivity contribution is 5.04. The van der Waals surface area contributed by atoms with Gasteiger partial charge in [0.1, 0.15) is 5.60 Å². The van der Waals surface area contributed by atoms with Crippen LogP contribution in [0.5, 0.6) is 0 Å². The highest BCUT2D eigenvalue weighted by atomic mass is 16.5. The molecule has 1 aliphatic rings. The predicted molar refractivity (Wildman–Crippen MR) is 72.9 cm³/mol. The summed E-state index contributed by atoms with van der Waals surface area (Å²) in [7, 11) is 1.74. The standard InChI is InChI=1S/C14H25N3O2/c1-4-15-11(2)7-8-12-16-13(17-19-12)14(18-3)9-5-6-10-14/h11,15H,4-10H2,1-3H3. The van der Waals surface area contributed by atoms with Gasteiger partial charge in [-0.2, -0.15) is 4.98 Å². The van der Waals surface area contributed by atoms with Crippen LogP contribution in [0, 0.1) is 0 Å². The zero-order valence-corrected chi connectivity index (χ0v) is 12.2. The fourth-order valence-corrected chi connectivity index (χ4v) is 2.80. The first-order valence-electron chi connectivity index (χ1n) is 7.32. The van der Waals surface area contributed by atoms with Crippen LogP contribution in [0.2, 0.25) is 0 Å². The first-order valence-corrected chi connectivity index (χ1v) is 7.32. The third kappa shape index (κ3) is 3.34. The van der Waals surface area contributed by atoms with Crippen molar-refractivity contribution >= 4 is 0 Å². The quantitative estimate of drug-likeness (QED) is 0.822. The first-order chi connectivity index (χ1) is 9.20. The van der Waals surface area contributed by atoms with Crippen molar-refractivity contribution in [2.24, 2.45) is 0 Å². The molecule has 5 heteroatoms. The van der Waals surface area contributed by atoms with Crippen molar-refractivity contribution in [3.8, 4) is 0 Å². The van der Waals surface area contributed by atoms with Crippen LogP contribution in [-0.2, 0) is 16.8 Å². The van der Waals surface area contributed by atoms with Gasteiger partial charge in [-0.25, -0.2) is 0 Å². The Morgan fingerprint density at radius 3 is 2.79 bits per heavy atom. The summed E-state index contributed by atoms with van der Waals surface area (Å²) >= 11 is 0. The third-order valence-corrected chi connectivity index (χ3v) is 4.02. The van der Waals surface area contributed by atoms with E-state index in [4.69, 9.17) is 9.26 Å². The van der Waals surface area contributed by atoms with E-state index >= 15 is 0 Å². The van der Waals surface area contributed by atoms with E-state index in [1.54, 1.807) is 7.11 Å². The van der Waals surface area contributed by atoms with Gasteiger partial charge in [0.2, 0.25) is 11.7 Å². The van der Waals surface area contributed by atoms with Crippen LogP contribution in [0.1, 0.15) is 57.7 Å².